The van der Waals surface area contributed by atoms with E-state index in [1.54, 1.807) is 0 Å². The average Bonchev–Trinajstić information content (AvgIpc) is 3.10. The first-order chi connectivity index (χ1) is 11.2. The van der Waals surface area contributed by atoms with E-state index in [1.165, 1.54) is 19.3 Å². The second kappa shape index (κ2) is 7.99. The molecular formula is C17H30N4O2. The van der Waals surface area contributed by atoms with Crippen LogP contribution in [0.1, 0.15) is 51.4 Å². The van der Waals surface area contributed by atoms with Crippen LogP contribution in [0.3, 0.4) is 0 Å². The van der Waals surface area contributed by atoms with Crippen LogP contribution in [0.25, 0.3) is 0 Å². The smallest absolute Gasteiger partial charge is 0.315 e. The van der Waals surface area contributed by atoms with Gasteiger partial charge in [0.15, 0.2) is 0 Å². The van der Waals surface area contributed by atoms with Gasteiger partial charge in [0.05, 0.1) is 5.92 Å². The highest BCUT2D eigenvalue weighted by Gasteiger charge is 2.30. The summed E-state index contributed by atoms with van der Waals surface area (Å²) in [5, 5.41) is 9.45. The minimum atomic E-state index is -0.0262. The molecule has 0 radical (unpaired) electrons. The number of rotatable bonds is 3. The van der Waals surface area contributed by atoms with Gasteiger partial charge in [0.2, 0.25) is 5.91 Å². The summed E-state index contributed by atoms with van der Waals surface area (Å²) >= 11 is 0. The van der Waals surface area contributed by atoms with Gasteiger partial charge in [-0.2, -0.15) is 0 Å². The van der Waals surface area contributed by atoms with E-state index in [4.69, 9.17) is 0 Å². The Balaban J connectivity index is 1.36. The van der Waals surface area contributed by atoms with Crippen LogP contribution >= 0.6 is 0 Å². The van der Waals surface area contributed by atoms with Gasteiger partial charge in [-0.1, -0.05) is 19.3 Å². The lowest BCUT2D eigenvalue weighted by atomic mass is 9.96. The summed E-state index contributed by atoms with van der Waals surface area (Å²) in [5.41, 5.74) is 0. The van der Waals surface area contributed by atoms with Crippen LogP contribution in [-0.2, 0) is 4.79 Å². The van der Waals surface area contributed by atoms with Gasteiger partial charge in [-0.25, -0.2) is 4.79 Å². The summed E-state index contributed by atoms with van der Waals surface area (Å²) in [6.07, 6.45) is 8.64. The molecule has 2 saturated heterocycles. The molecule has 3 rings (SSSR count). The molecular weight excluding hydrogens is 292 g/mol. The SMILES string of the molecule is O=C(NC1CCCCC1)NC1CCN(C(=O)C2CCNC2)CC1. The number of likely N-dealkylation sites (tertiary alicyclic amines) is 1. The molecule has 0 aromatic carbocycles. The van der Waals surface area contributed by atoms with Gasteiger partial charge >= 0.3 is 6.03 Å². The Kier molecular flexibility index (Phi) is 5.75. The fraction of sp³-hybridized carbons (Fsp3) is 0.882. The summed E-state index contributed by atoms with van der Waals surface area (Å²) < 4.78 is 0. The molecule has 0 bridgehead atoms. The zero-order valence-corrected chi connectivity index (χ0v) is 14.0. The lowest BCUT2D eigenvalue weighted by Gasteiger charge is -2.34. The van der Waals surface area contributed by atoms with E-state index in [0.717, 1.165) is 58.3 Å². The molecule has 1 aliphatic carbocycles. The fourth-order valence-electron chi connectivity index (χ4n) is 4.03. The molecule has 1 saturated carbocycles. The van der Waals surface area contributed by atoms with Gasteiger partial charge in [0.25, 0.3) is 0 Å². The standard InChI is InChI=1S/C17H30N4O2/c22-16(13-6-9-18-12-13)21-10-7-15(8-11-21)20-17(23)19-14-4-2-1-3-5-14/h13-15,18H,1-12H2,(H2,19,20,23). The van der Waals surface area contributed by atoms with Crippen LogP contribution in [0.5, 0.6) is 0 Å². The monoisotopic (exact) mass is 322 g/mol. The van der Waals surface area contributed by atoms with Gasteiger partial charge in [-0.05, 0) is 38.6 Å². The van der Waals surface area contributed by atoms with Crippen LogP contribution in [0.4, 0.5) is 4.79 Å². The highest BCUT2D eigenvalue weighted by molar-refractivity contribution is 5.79. The molecule has 1 atom stereocenters. The molecule has 0 aromatic heterocycles. The zero-order chi connectivity index (χ0) is 16.1. The normalized spacial score (nSPS) is 27.0. The number of nitrogens with one attached hydrogen (secondary N) is 3. The van der Waals surface area contributed by atoms with Crippen molar-refractivity contribution in [1.29, 1.82) is 0 Å². The number of nitrogens with zero attached hydrogens (tertiary/aromatic N) is 1. The molecule has 3 N–H and O–H groups in total. The van der Waals surface area contributed by atoms with E-state index in [-0.39, 0.29) is 18.0 Å². The van der Waals surface area contributed by atoms with Crippen molar-refractivity contribution in [1.82, 2.24) is 20.9 Å². The van der Waals surface area contributed by atoms with Crippen LogP contribution in [0.15, 0.2) is 0 Å². The molecule has 3 aliphatic rings. The second-order valence-electron chi connectivity index (χ2n) is 7.24. The predicted octanol–water partition coefficient (Wildman–Crippen LogP) is 1.22. The Labute approximate surface area is 138 Å². The van der Waals surface area contributed by atoms with Crippen LogP contribution < -0.4 is 16.0 Å². The van der Waals surface area contributed by atoms with Crippen LogP contribution in [0, 0.1) is 5.92 Å². The summed E-state index contributed by atoms with van der Waals surface area (Å²) in [6, 6.07) is 0.520. The fourth-order valence-corrected chi connectivity index (χ4v) is 4.03. The molecule has 1 unspecified atom stereocenters. The Hall–Kier alpha value is -1.30. The molecule has 23 heavy (non-hydrogen) atoms. The Morgan fingerprint density at radius 2 is 1.52 bits per heavy atom. The summed E-state index contributed by atoms with van der Waals surface area (Å²) in [7, 11) is 0. The minimum Gasteiger partial charge on any atom is -0.342 e. The first kappa shape index (κ1) is 16.6. The minimum absolute atomic E-state index is 0.0262. The third-order valence-corrected chi connectivity index (χ3v) is 5.49. The Bertz CT molecular complexity index is 409. The van der Waals surface area contributed by atoms with Gasteiger partial charge in [0, 0.05) is 31.7 Å². The van der Waals surface area contributed by atoms with Crippen molar-refractivity contribution in [2.24, 2.45) is 5.92 Å². The van der Waals surface area contributed by atoms with Crippen molar-refractivity contribution >= 4 is 11.9 Å². The molecule has 6 nitrogen and oxygen atoms in total. The Morgan fingerprint density at radius 1 is 0.870 bits per heavy atom. The third-order valence-electron chi connectivity index (χ3n) is 5.49. The largest absolute Gasteiger partial charge is 0.342 e. The topological polar surface area (TPSA) is 73.5 Å². The van der Waals surface area contributed by atoms with E-state index in [0.29, 0.717) is 11.9 Å². The highest BCUT2D eigenvalue weighted by Crippen LogP contribution is 2.18. The number of hydrogen-bond donors (Lipinski definition) is 3. The maximum absolute atomic E-state index is 12.4. The molecule has 0 aromatic rings. The first-order valence-corrected chi connectivity index (χ1v) is 9.29. The maximum atomic E-state index is 12.4. The molecule has 3 fully saturated rings. The third kappa shape index (κ3) is 4.59. The number of carbonyl (C=O) groups excluding carboxylic acids is 2. The van der Waals surface area contributed by atoms with Crippen LogP contribution in [0.2, 0.25) is 0 Å². The molecule has 3 amide bonds. The van der Waals surface area contributed by atoms with E-state index < -0.39 is 0 Å². The first-order valence-electron chi connectivity index (χ1n) is 9.29. The molecule has 2 aliphatic heterocycles. The Morgan fingerprint density at radius 3 is 2.13 bits per heavy atom. The molecule has 2 heterocycles. The molecule has 6 heteroatoms. The van der Waals surface area contributed by atoms with E-state index in [2.05, 4.69) is 16.0 Å². The van der Waals surface area contributed by atoms with E-state index >= 15 is 0 Å². The number of hydrogen-bond acceptors (Lipinski definition) is 3. The van der Waals surface area contributed by atoms with Gasteiger partial charge in [-0.3, -0.25) is 4.79 Å². The molecule has 0 spiro atoms. The summed E-state index contributed by atoms with van der Waals surface area (Å²) in [6.45, 7) is 3.31. The second-order valence-corrected chi connectivity index (χ2v) is 7.24. The maximum Gasteiger partial charge on any atom is 0.315 e. The number of urea groups is 1. The van der Waals surface area contributed by atoms with E-state index in [1.807, 2.05) is 4.90 Å². The van der Waals surface area contributed by atoms with Crippen molar-refractivity contribution < 1.29 is 9.59 Å². The van der Waals surface area contributed by atoms with Crippen molar-refractivity contribution in [3.05, 3.63) is 0 Å². The number of amides is 3. The van der Waals surface area contributed by atoms with Gasteiger partial charge < -0.3 is 20.9 Å². The summed E-state index contributed by atoms with van der Waals surface area (Å²) in [4.78, 5) is 26.5. The lowest BCUT2D eigenvalue weighted by Crippen LogP contribution is -2.51. The average molecular weight is 322 g/mol. The predicted molar refractivity (Wildman–Crippen MR) is 89.1 cm³/mol. The quantitative estimate of drug-likeness (QED) is 0.731. The van der Waals surface area contributed by atoms with E-state index in [9.17, 15) is 9.59 Å². The van der Waals surface area contributed by atoms with Gasteiger partial charge in [0.1, 0.15) is 0 Å². The van der Waals surface area contributed by atoms with Crippen molar-refractivity contribution in [3.63, 3.8) is 0 Å². The number of carbonyl (C=O) groups is 2. The number of piperidine rings is 1. The van der Waals surface area contributed by atoms with Crippen molar-refractivity contribution in [2.45, 2.75) is 63.5 Å². The van der Waals surface area contributed by atoms with Crippen molar-refractivity contribution in [2.75, 3.05) is 26.2 Å². The summed E-state index contributed by atoms with van der Waals surface area (Å²) in [5.74, 6) is 0.453. The van der Waals surface area contributed by atoms with Crippen LogP contribution in [-0.4, -0.2) is 55.1 Å². The van der Waals surface area contributed by atoms with Gasteiger partial charge in [-0.15, -0.1) is 0 Å². The lowest BCUT2D eigenvalue weighted by molar-refractivity contribution is -0.136. The zero-order valence-electron chi connectivity index (χ0n) is 14.0. The molecule has 130 valence electrons. The highest BCUT2D eigenvalue weighted by atomic mass is 16.2. The van der Waals surface area contributed by atoms with Crippen molar-refractivity contribution in [3.8, 4) is 0 Å².